The molecule has 1 aliphatic rings. The summed E-state index contributed by atoms with van der Waals surface area (Å²) >= 11 is 5.18. The Labute approximate surface area is 146 Å². The molecule has 4 rings (SSSR count). The van der Waals surface area contributed by atoms with Crippen LogP contribution in [0.2, 0.25) is 0 Å². The zero-order valence-electron chi connectivity index (χ0n) is 12.3. The largest absolute Gasteiger partial charge is 0.288 e. The predicted molar refractivity (Wildman–Crippen MR) is 93.7 cm³/mol. The van der Waals surface area contributed by atoms with Gasteiger partial charge < -0.3 is 0 Å². The molecular weight excluding hydrogens is 374 g/mol. The van der Waals surface area contributed by atoms with Crippen molar-refractivity contribution >= 4 is 27.7 Å². The molecule has 3 heterocycles. The second kappa shape index (κ2) is 6.43. The fourth-order valence-corrected chi connectivity index (χ4v) is 3.68. The molecule has 2 aromatic heterocycles. The fraction of sp³-hybridized carbons (Fsp3) is 0.188. The van der Waals surface area contributed by atoms with Crippen LogP contribution in [0.3, 0.4) is 0 Å². The third kappa shape index (κ3) is 3.17. The molecular formula is C16H14BrN5S. The van der Waals surface area contributed by atoms with Crippen LogP contribution in [0.25, 0.3) is 11.4 Å². The number of halogens is 1. The third-order valence-corrected chi connectivity index (χ3v) is 5.23. The van der Waals surface area contributed by atoms with Gasteiger partial charge in [-0.25, -0.2) is 0 Å². The van der Waals surface area contributed by atoms with Crippen LogP contribution in [0.1, 0.15) is 5.69 Å². The van der Waals surface area contributed by atoms with Gasteiger partial charge in [0.2, 0.25) is 0 Å². The van der Waals surface area contributed by atoms with Gasteiger partial charge in [0.25, 0.3) is 0 Å². The van der Waals surface area contributed by atoms with Crippen LogP contribution in [0, 0.1) is 0 Å². The molecule has 0 bridgehead atoms. The summed E-state index contributed by atoms with van der Waals surface area (Å²) in [5, 5.41) is 9.67. The van der Waals surface area contributed by atoms with Crippen molar-refractivity contribution in [3.05, 3.63) is 58.8 Å². The summed E-state index contributed by atoms with van der Waals surface area (Å²) in [6, 6.07) is 14.2. The molecule has 0 N–H and O–H groups in total. The van der Waals surface area contributed by atoms with Crippen molar-refractivity contribution in [2.45, 2.75) is 18.4 Å². The average molecular weight is 388 g/mol. The Morgan fingerprint density at radius 3 is 2.74 bits per heavy atom. The second-order valence-electron chi connectivity index (χ2n) is 5.31. The quantitative estimate of drug-likeness (QED) is 0.686. The van der Waals surface area contributed by atoms with Gasteiger partial charge in [-0.05, 0) is 24.3 Å². The van der Waals surface area contributed by atoms with Crippen LogP contribution in [0.4, 0.5) is 0 Å². The standard InChI is InChI=1S/C16H14BrN5S/c17-13-6-4-12(5-7-13)15-19-20-16-22(15)10-21(11-23-16)9-14-3-1-2-8-18-14/h1-8H,9-11H2. The van der Waals surface area contributed by atoms with E-state index in [0.717, 1.165) is 45.8 Å². The molecule has 0 spiro atoms. The van der Waals surface area contributed by atoms with E-state index in [9.17, 15) is 0 Å². The summed E-state index contributed by atoms with van der Waals surface area (Å²) in [5.74, 6) is 1.81. The molecule has 0 fully saturated rings. The molecule has 0 amide bonds. The molecule has 0 radical (unpaired) electrons. The summed E-state index contributed by atoms with van der Waals surface area (Å²) in [6.07, 6.45) is 1.84. The van der Waals surface area contributed by atoms with Crippen LogP contribution < -0.4 is 0 Å². The van der Waals surface area contributed by atoms with E-state index in [1.54, 1.807) is 11.8 Å². The van der Waals surface area contributed by atoms with Crippen molar-refractivity contribution in [2.75, 3.05) is 5.88 Å². The number of nitrogens with zero attached hydrogens (tertiary/aromatic N) is 5. The Bertz CT molecular complexity index is 803. The zero-order valence-corrected chi connectivity index (χ0v) is 14.7. The normalized spacial score (nSPS) is 14.7. The second-order valence-corrected chi connectivity index (χ2v) is 7.13. The lowest BCUT2D eigenvalue weighted by Gasteiger charge is -2.27. The predicted octanol–water partition coefficient (Wildman–Crippen LogP) is 3.63. The summed E-state index contributed by atoms with van der Waals surface area (Å²) in [4.78, 5) is 6.75. The monoisotopic (exact) mass is 387 g/mol. The maximum absolute atomic E-state index is 4.41. The number of rotatable bonds is 3. The van der Waals surface area contributed by atoms with E-state index in [1.807, 2.05) is 30.5 Å². The van der Waals surface area contributed by atoms with Crippen LogP contribution in [0.5, 0.6) is 0 Å². The van der Waals surface area contributed by atoms with E-state index in [4.69, 9.17) is 0 Å². The highest BCUT2D eigenvalue weighted by atomic mass is 79.9. The first-order valence-corrected chi connectivity index (χ1v) is 9.02. The third-order valence-electron chi connectivity index (χ3n) is 3.65. The Hall–Kier alpha value is -1.70. The molecule has 0 atom stereocenters. The summed E-state index contributed by atoms with van der Waals surface area (Å²) in [5.41, 5.74) is 2.15. The zero-order chi connectivity index (χ0) is 15.6. The lowest BCUT2D eigenvalue weighted by atomic mass is 10.2. The number of benzene rings is 1. The van der Waals surface area contributed by atoms with Crippen molar-refractivity contribution in [1.29, 1.82) is 0 Å². The number of thioether (sulfide) groups is 1. The van der Waals surface area contributed by atoms with E-state index in [-0.39, 0.29) is 0 Å². The van der Waals surface area contributed by atoms with Crippen molar-refractivity contribution in [1.82, 2.24) is 24.6 Å². The fourth-order valence-electron chi connectivity index (χ4n) is 2.54. The lowest BCUT2D eigenvalue weighted by Crippen LogP contribution is -2.30. The summed E-state index contributed by atoms with van der Waals surface area (Å²) in [7, 11) is 0. The Kier molecular flexibility index (Phi) is 4.15. The topological polar surface area (TPSA) is 46.8 Å². The van der Waals surface area contributed by atoms with Gasteiger partial charge in [-0.2, -0.15) is 0 Å². The van der Waals surface area contributed by atoms with Gasteiger partial charge in [-0.3, -0.25) is 14.5 Å². The average Bonchev–Trinajstić information content (AvgIpc) is 3.00. The van der Waals surface area contributed by atoms with Crippen LogP contribution in [-0.4, -0.2) is 30.5 Å². The van der Waals surface area contributed by atoms with Crippen LogP contribution >= 0.6 is 27.7 Å². The lowest BCUT2D eigenvalue weighted by molar-refractivity contribution is 0.229. The molecule has 1 aromatic carbocycles. The molecule has 0 aliphatic carbocycles. The molecule has 0 saturated carbocycles. The van der Waals surface area contributed by atoms with Gasteiger partial charge in [-0.1, -0.05) is 45.9 Å². The Morgan fingerprint density at radius 1 is 1.09 bits per heavy atom. The molecule has 3 aromatic rings. The first-order valence-electron chi connectivity index (χ1n) is 7.24. The van der Waals surface area contributed by atoms with Gasteiger partial charge in [0.05, 0.1) is 18.2 Å². The smallest absolute Gasteiger partial charge is 0.193 e. The number of fused-ring (bicyclic) bond motifs is 1. The number of hydrogen-bond donors (Lipinski definition) is 0. The molecule has 5 nitrogen and oxygen atoms in total. The SMILES string of the molecule is Brc1ccc(-c2nnc3n2CN(Cc2ccccn2)CS3)cc1. The van der Waals surface area contributed by atoms with Crippen LogP contribution in [0.15, 0.2) is 58.3 Å². The number of pyridine rings is 1. The molecule has 7 heteroatoms. The van der Waals surface area contributed by atoms with Gasteiger partial charge in [0.15, 0.2) is 11.0 Å². The highest BCUT2D eigenvalue weighted by molar-refractivity contribution is 9.10. The van der Waals surface area contributed by atoms with Gasteiger partial charge in [-0.15, -0.1) is 10.2 Å². The molecule has 0 saturated heterocycles. The van der Waals surface area contributed by atoms with E-state index >= 15 is 0 Å². The van der Waals surface area contributed by atoms with Gasteiger partial charge >= 0.3 is 0 Å². The first kappa shape index (κ1) is 14.9. The van der Waals surface area contributed by atoms with Crippen molar-refractivity contribution in [2.24, 2.45) is 0 Å². The van der Waals surface area contributed by atoms with Gasteiger partial charge in [0, 0.05) is 22.8 Å². The van der Waals surface area contributed by atoms with Crippen molar-refractivity contribution < 1.29 is 0 Å². The van der Waals surface area contributed by atoms with Crippen molar-refractivity contribution in [3.8, 4) is 11.4 Å². The molecule has 1 aliphatic heterocycles. The maximum Gasteiger partial charge on any atom is 0.193 e. The minimum absolute atomic E-state index is 0.775. The number of hydrogen-bond acceptors (Lipinski definition) is 5. The van der Waals surface area contributed by atoms with E-state index in [0.29, 0.717) is 0 Å². The number of aromatic nitrogens is 4. The first-order chi connectivity index (χ1) is 11.3. The summed E-state index contributed by atoms with van der Waals surface area (Å²) in [6.45, 7) is 1.60. The highest BCUT2D eigenvalue weighted by Gasteiger charge is 2.22. The molecule has 23 heavy (non-hydrogen) atoms. The summed E-state index contributed by atoms with van der Waals surface area (Å²) < 4.78 is 3.23. The Balaban J connectivity index is 1.59. The van der Waals surface area contributed by atoms with Crippen molar-refractivity contribution in [3.63, 3.8) is 0 Å². The minimum Gasteiger partial charge on any atom is -0.288 e. The molecule has 116 valence electrons. The van der Waals surface area contributed by atoms with E-state index in [1.165, 1.54) is 0 Å². The van der Waals surface area contributed by atoms with Crippen LogP contribution in [-0.2, 0) is 13.2 Å². The Morgan fingerprint density at radius 2 is 1.96 bits per heavy atom. The molecule has 0 unspecified atom stereocenters. The maximum atomic E-state index is 4.41. The van der Waals surface area contributed by atoms with E-state index < -0.39 is 0 Å². The van der Waals surface area contributed by atoms with E-state index in [2.05, 4.69) is 58.8 Å². The van der Waals surface area contributed by atoms with Gasteiger partial charge in [0.1, 0.15) is 0 Å². The highest BCUT2D eigenvalue weighted by Crippen LogP contribution is 2.29. The minimum atomic E-state index is 0.775.